The summed E-state index contributed by atoms with van der Waals surface area (Å²) in [5.41, 5.74) is 1.37. The molecule has 5 heteroatoms. The Morgan fingerprint density at radius 1 is 1.32 bits per heavy atom. The summed E-state index contributed by atoms with van der Waals surface area (Å²) in [5.74, 6) is 0.827. The van der Waals surface area contributed by atoms with E-state index in [4.69, 9.17) is 0 Å². The van der Waals surface area contributed by atoms with Crippen LogP contribution in [0, 0.1) is 6.92 Å². The number of hydrogen-bond acceptors (Lipinski definition) is 3. The molecule has 0 saturated carbocycles. The zero-order valence-corrected chi connectivity index (χ0v) is 14.3. The van der Waals surface area contributed by atoms with Gasteiger partial charge >= 0.3 is 0 Å². The molecule has 1 aromatic carbocycles. The van der Waals surface area contributed by atoms with Crippen LogP contribution < -0.4 is 10.6 Å². The Kier molecular flexibility index (Phi) is 6.40. The van der Waals surface area contributed by atoms with Gasteiger partial charge in [-0.1, -0.05) is 30.3 Å². The zero-order valence-electron chi connectivity index (χ0n) is 13.5. The van der Waals surface area contributed by atoms with Crippen molar-refractivity contribution in [3.63, 3.8) is 0 Å². The molecule has 1 unspecified atom stereocenters. The van der Waals surface area contributed by atoms with Crippen molar-refractivity contribution >= 4 is 17.3 Å². The van der Waals surface area contributed by atoms with Crippen molar-refractivity contribution in [3.05, 3.63) is 52.0 Å². The lowest BCUT2D eigenvalue weighted by atomic mass is 10.1. The zero-order chi connectivity index (χ0) is 15.8. The van der Waals surface area contributed by atoms with Crippen LogP contribution in [0.1, 0.15) is 28.8 Å². The number of hydrogen-bond donors (Lipinski definition) is 2. The molecular formula is C17H24N4S. The standard InChI is InChI=1S/C17H24N4S/c1-13(9-10-15-7-5-4-6-8-15)21-17(18-3)20-12-16-19-11-14(2)22-16/h4-8,11,13H,9-10,12H2,1-3H3,(H2,18,20,21). The van der Waals surface area contributed by atoms with Crippen LogP contribution in [0.15, 0.2) is 41.5 Å². The van der Waals surface area contributed by atoms with Crippen molar-refractivity contribution in [1.82, 2.24) is 15.6 Å². The molecule has 0 bridgehead atoms. The smallest absolute Gasteiger partial charge is 0.191 e. The van der Waals surface area contributed by atoms with Gasteiger partial charge in [-0.05, 0) is 32.3 Å². The molecule has 2 aromatic rings. The summed E-state index contributed by atoms with van der Waals surface area (Å²) in [6.07, 6.45) is 4.04. The van der Waals surface area contributed by atoms with E-state index < -0.39 is 0 Å². The highest BCUT2D eigenvalue weighted by Gasteiger charge is 2.06. The van der Waals surface area contributed by atoms with E-state index in [1.54, 1.807) is 18.4 Å². The number of nitrogens with zero attached hydrogens (tertiary/aromatic N) is 2. The molecule has 4 nitrogen and oxygen atoms in total. The van der Waals surface area contributed by atoms with E-state index in [-0.39, 0.29) is 0 Å². The maximum Gasteiger partial charge on any atom is 0.191 e. The quantitative estimate of drug-likeness (QED) is 0.636. The highest BCUT2D eigenvalue weighted by Crippen LogP contribution is 2.10. The second kappa shape index (κ2) is 8.54. The van der Waals surface area contributed by atoms with Crippen molar-refractivity contribution in [2.24, 2.45) is 4.99 Å². The first kappa shape index (κ1) is 16.5. The Morgan fingerprint density at radius 3 is 2.73 bits per heavy atom. The molecule has 118 valence electrons. The molecule has 0 aliphatic heterocycles. The van der Waals surface area contributed by atoms with E-state index in [0.717, 1.165) is 23.8 Å². The lowest BCUT2D eigenvalue weighted by Crippen LogP contribution is -2.42. The fourth-order valence-electron chi connectivity index (χ4n) is 2.17. The second-order valence-electron chi connectivity index (χ2n) is 5.36. The molecule has 0 saturated heterocycles. The molecule has 22 heavy (non-hydrogen) atoms. The van der Waals surface area contributed by atoms with Gasteiger partial charge in [-0.25, -0.2) is 4.98 Å². The van der Waals surface area contributed by atoms with Gasteiger partial charge in [0.15, 0.2) is 5.96 Å². The number of nitrogens with one attached hydrogen (secondary N) is 2. The Labute approximate surface area is 136 Å². The van der Waals surface area contributed by atoms with E-state index >= 15 is 0 Å². The Balaban J connectivity index is 1.74. The van der Waals surface area contributed by atoms with Gasteiger partial charge in [0.05, 0.1) is 6.54 Å². The van der Waals surface area contributed by atoms with Gasteiger partial charge in [-0.2, -0.15) is 0 Å². The molecule has 0 aliphatic rings. The third kappa shape index (κ3) is 5.48. The van der Waals surface area contributed by atoms with Crippen LogP contribution in [-0.4, -0.2) is 24.0 Å². The number of aliphatic imine (C=N–C) groups is 1. The first-order chi connectivity index (χ1) is 10.7. The first-order valence-corrected chi connectivity index (χ1v) is 8.41. The van der Waals surface area contributed by atoms with Gasteiger partial charge in [-0.15, -0.1) is 11.3 Å². The maximum absolute atomic E-state index is 4.35. The van der Waals surface area contributed by atoms with Gasteiger partial charge < -0.3 is 10.6 Å². The number of aromatic nitrogens is 1. The molecule has 2 N–H and O–H groups in total. The summed E-state index contributed by atoms with van der Waals surface area (Å²) in [4.78, 5) is 9.86. The second-order valence-corrected chi connectivity index (χ2v) is 6.68. The Hall–Kier alpha value is -1.88. The molecule has 2 rings (SSSR count). The van der Waals surface area contributed by atoms with E-state index in [0.29, 0.717) is 12.6 Å². The van der Waals surface area contributed by atoms with E-state index in [1.807, 2.05) is 6.20 Å². The molecule has 0 radical (unpaired) electrons. The number of aryl methyl sites for hydroxylation is 2. The van der Waals surface area contributed by atoms with Gasteiger partial charge in [0.1, 0.15) is 5.01 Å². The predicted octanol–water partition coefficient (Wildman–Crippen LogP) is 3.14. The predicted molar refractivity (Wildman–Crippen MR) is 94.4 cm³/mol. The first-order valence-electron chi connectivity index (χ1n) is 7.60. The minimum absolute atomic E-state index is 0.365. The van der Waals surface area contributed by atoms with Crippen LogP contribution in [0.2, 0.25) is 0 Å². The average molecular weight is 316 g/mol. The van der Waals surface area contributed by atoms with E-state index in [9.17, 15) is 0 Å². The van der Waals surface area contributed by atoms with Gasteiger partial charge in [-0.3, -0.25) is 4.99 Å². The lowest BCUT2D eigenvalue weighted by molar-refractivity contribution is 0.593. The highest BCUT2D eigenvalue weighted by molar-refractivity contribution is 7.11. The molecule has 1 aromatic heterocycles. The van der Waals surface area contributed by atoms with Crippen LogP contribution in [-0.2, 0) is 13.0 Å². The van der Waals surface area contributed by atoms with E-state index in [1.165, 1.54) is 10.4 Å². The monoisotopic (exact) mass is 316 g/mol. The lowest BCUT2D eigenvalue weighted by Gasteiger charge is -2.17. The molecule has 0 fully saturated rings. The van der Waals surface area contributed by atoms with Crippen LogP contribution in [0.3, 0.4) is 0 Å². The summed E-state index contributed by atoms with van der Waals surface area (Å²) < 4.78 is 0. The van der Waals surface area contributed by atoms with Crippen LogP contribution >= 0.6 is 11.3 Å². The minimum Gasteiger partial charge on any atom is -0.354 e. The van der Waals surface area contributed by atoms with Crippen molar-refractivity contribution in [3.8, 4) is 0 Å². The average Bonchev–Trinajstić information content (AvgIpc) is 2.96. The number of guanidine groups is 1. The van der Waals surface area contributed by atoms with Crippen molar-refractivity contribution in [1.29, 1.82) is 0 Å². The molecule has 0 amide bonds. The maximum atomic E-state index is 4.35. The van der Waals surface area contributed by atoms with Crippen LogP contribution in [0.5, 0.6) is 0 Å². The molecular weight excluding hydrogens is 292 g/mol. The fourth-order valence-corrected chi connectivity index (χ4v) is 2.90. The summed E-state index contributed by atoms with van der Waals surface area (Å²) in [6, 6.07) is 10.9. The highest BCUT2D eigenvalue weighted by atomic mass is 32.1. The molecule has 0 spiro atoms. The third-order valence-corrected chi connectivity index (χ3v) is 4.30. The SMILES string of the molecule is CN=C(NCc1ncc(C)s1)NC(C)CCc1ccccc1. The van der Waals surface area contributed by atoms with Gasteiger partial charge in [0.25, 0.3) is 0 Å². The Morgan fingerprint density at radius 2 is 2.09 bits per heavy atom. The minimum atomic E-state index is 0.365. The summed E-state index contributed by atoms with van der Waals surface area (Å²) >= 11 is 1.71. The molecule has 1 atom stereocenters. The number of rotatable bonds is 6. The largest absolute Gasteiger partial charge is 0.354 e. The fraction of sp³-hybridized carbons (Fsp3) is 0.412. The number of benzene rings is 1. The summed E-state index contributed by atoms with van der Waals surface area (Å²) in [6.45, 7) is 4.97. The van der Waals surface area contributed by atoms with Gasteiger partial charge in [0.2, 0.25) is 0 Å². The molecule has 0 aliphatic carbocycles. The normalized spacial score (nSPS) is 13.0. The summed E-state index contributed by atoms with van der Waals surface area (Å²) in [7, 11) is 1.80. The van der Waals surface area contributed by atoms with Crippen molar-refractivity contribution in [2.75, 3.05) is 7.05 Å². The summed E-state index contributed by atoms with van der Waals surface area (Å²) in [5, 5.41) is 7.83. The topological polar surface area (TPSA) is 49.3 Å². The van der Waals surface area contributed by atoms with Crippen LogP contribution in [0.25, 0.3) is 0 Å². The van der Waals surface area contributed by atoms with Crippen molar-refractivity contribution < 1.29 is 0 Å². The number of thiazole rings is 1. The van der Waals surface area contributed by atoms with E-state index in [2.05, 4.69) is 64.8 Å². The molecule has 1 heterocycles. The third-order valence-electron chi connectivity index (χ3n) is 3.39. The van der Waals surface area contributed by atoms with Crippen molar-refractivity contribution in [2.45, 2.75) is 39.3 Å². The Bertz CT molecular complexity index is 592. The van der Waals surface area contributed by atoms with Crippen LogP contribution in [0.4, 0.5) is 0 Å². The van der Waals surface area contributed by atoms with Gasteiger partial charge in [0, 0.05) is 24.2 Å².